The molecule has 0 aliphatic heterocycles. The van der Waals surface area contributed by atoms with Crippen molar-refractivity contribution in [2.45, 2.75) is 6.42 Å². The van der Waals surface area contributed by atoms with Gasteiger partial charge in [0.25, 0.3) is 0 Å². The molecule has 0 atom stereocenters. The van der Waals surface area contributed by atoms with E-state index in [9.17, 15) is 0 Å². The fraction of sp³-hybridized carbons (Fsp3) is 0.400. The average molecular weight is 196 g/mol. The topological polar surface area (TPSA) is 56.5 Å². The molecule has 0 heterocycles. The molecular formula is C10H16N2O2. The van der Waals surface area contributed by atoms with Crippen molar-refractivity contribution < 1.29 is 9.47 Å². The molecule has 0 bridgehead atoms. The van der Waals surface area contributed by atoms with E-state index in [-0.39, 0.29) is 0 Å². The predicted octanol–water partition coefficient (Wildman–Crippen LogP) is 0.710. The van der Waals surface area contributed by atoms with Crippen molar-refractivity contribution in [3.05, 3.63) is 23.8 Å². The van der Waals surface area contributed by atoms with Crippen LogP contribution in [-0.4, -0.2) is 20.8 Å². The standard InChI is InChI=1S/C10H16N2O2/c1-13-9-4-3-8(5-6-12-11)10(7-9)14-2/h3-4,7,12H,5-6,11H2,1-2H3. The molecule has 0 fully saturated rings. The van der Waals surface area contributed by atoms with Crippen LogP contribution in [-0.2, 0) is 6.42 Å². The van der Waals surface area contributed by atoms with E-state index in [2.05, 4.69) is 5.43 Å². The minimum atomic E-state index is 0.725. The monoisotopic (exact) mass is 196 g/mol. The highest BCUT2D eigenvalue weighted by Gasteiger charge is 2.03. The molecule has 0 saturated carbocycles. The van der Waals surface area contributed by atoms with Crippen molar-refractivity contribution in [1.29, 1.82) is 0 Å². The number of nitrogens with one attached hydrogen (secondary N) is 1. The van der Waals surface area contributed by atoms with Crippen LogP contribution in [0.5, 0.6) is 11.5 Å². The molecule has 0 aliphatic carbocycles. The highest BCUT2D eigenvalue weighted by Crippen LogP contribution is 2.24. The first-order valence-electron chi connectivity index (χ1n) is 4.46. The van der Waals surface area contributed by atoms with Gasteiger partial charge in [-0.25, -0.2) is 0 Å². The van der Waals surface area contributed by atoms with Crippen molar-refractivity contribution >= 4 is 0 Å². The fourth-order valence-electron chi connectivity index (χ4n) is 1.27. The summed E-state index contributed by atoms with van der Waals surface area (Å²) in [6.07, 6.45) is 0.837. The smallest absolute Gasteiger partial charge is 0.125 e. The van der Waals surface area contributed by atoms with Crippen LogP contribution in [0.2, 0.25) is 0 Å². The first-order chi connectivity index (χ1) is 6.81. The molecule has 14 heavy (non-hydrogen) atoms. The number of ether oxygens (including phenoxy) is 2. The number of hydrogen-bond acceptors (Lipinski definition) is 4. The summed E-state index contributed by atoms with van der Waals surface area (Å²) in [6.45, 7) is 0.725. The van der Waals surface area contributed by atoms with Crippen LogP contribution in [0.25, 0.3) is 0 Å². The van der Waals surface area contributed by atoms with Gasteiger partial charge in [0.15, 0.2) is 0 Å². The number of nitrogens with two attached hydrogens (primary N) is 1. The van der Waals surface area contributed by atoms with Gasteiger partial charge in [0.05, 0.1) is 14.2 Å². The van der Waals surface area contributed by atoms with E-state index in [4.69, 9.17) is 15.3 Å². The normalized spacial score (nSPS) is 9.93. The van der Waals surface area contributed by atoms with Gasteiger partial charge in [-0.1, -0.05) is 6.07 Å². The lowest BCUT2D eigenvalue weighted by molar-refractivity contribution is 0.390. The Morgan fingerprint density at radius 1 is 1.29 bits per heavy atom. The molecule has 78 valence electrons. The number of hydrazine groups is 1. The van der Waals surface area contributed by atoms with Crippen LogP contribution in [0.15, 0.2) is 18.2 Å². The number of methoxy groups -OCH3 is 2. The molecule has 0 aromatic heterocycles. The summed E-state index contributed by atoms with van der Waals surface area (Å²) in [5.74, 6) is 6.84. The first kappa shape index (κ1) is 10.8. The molecule has 4 heteroatoms. The summed E-state index contributed by atoms with van der Waals surface area (Å²) in [6, 6.07) is 5.76. The molecule has 0 unspecified atom stereocenters. The predicted molar refractivity (Wildman–Crippen MR) is 55.4 cm³/mol. The van der Waals surface area contributed by atoms with Crippen LogP contribution >= 0.6 is 0 Å². The summed E-state index contributed by atoms with van der Waals surface area (Å²) in [5, 5.41) is 0. The summed E-state index contributed by atoms with van der Waals surface area (Å²) in [5.41, 5.74) is 3.73. The molecule has 1 rings (SSSR count). The third-order valence-corrected chi connectivity index (χ3v) is 2.03. The molecule has 0 radical (unpaired) electrons. The summed E-state index contributed by atoms with van der Waals surface area (Å²) >= 11 is 0. The molecule has 4 nitrogen and oxygen atoms in total. The minimum Gasteiger partial charge on any atom is -0.497 e. The van der Waals surface area contributed by atoms with Gasteiger partial charge in [0.2, 0.25) is 0 Å². The molecule has 3 N–H and O–H groups in total. The minimum absolute atomic E-state index is 0.725. The molecule has 0 saturated heterocycles. The van der Waals surface area contributed by atoms with Crippen LogP contribution in [0.1, 0.15) is 5.56 Å². The Morgan fingerprint density at radius 3 is 2.64 bits per heavy atom. The maximum absolute atomic E-state index is 5.24. The second kappa shape index (κ2) is 5.47. The van der Waals surface area contributed by atoms with Gasteiger partial charge in [0, 0.05) is 12.6 Å². The zero-order chi connectivity index (χ0) is 10.4. The average Bonchev–Trinajstić information content (AvgIpc) is 2.26. The summed E-state index contributed by atoms with van der Waals surface area (Å²) in [7, 11) is 3.28. The van der Waals surface area contributed by atoms with E-state index in [0.717, 1.165) is 30.0 Å². The van der Waals surface area contributed by atoms with Crippen LogP contribution < -0.4 is 20.7 Å². The van der Waals surface area contributed by atoms with Crippen molar-refractivity contribution in [1.82, 2.24) is 5.43 Å². The Hall–Kier alpha value is -1.26. The Labute approximate surface area is 84.0 Å². The van der Waals surface area contributed by atoms with E-state index in [1.54, 1.807) is 14.2 Å². The Balaban J connectivity index is 2.82. The molecule has 1 aromatic rings. The van der Waals surface area contributed by atoms with Crippen LogP contribution in [0, 0.1) is 0 Å². The molecule has 1 aromatic carbocycles. The van der Waals surface area contributed by atoms with Gasteiger partial charge in [-0.15, -0.1) is 0 Å². The van der Waals surface area contributed by atoms with E-state index in [1.165, 1.54) is 0 Å². The molecular weight excluding hydrogens is 180 g/mol. The van der Waals surface area contributed by atoms with Gasteiger partial charge in [0.1, 0.15) is 11.5 Å². The molecule has 0 aliphatic rings. The highest BCUT2D eigenvalue weighted by molar-refractivity contribution is 5.40. The summed E-state index contributed by atoms with van der Waals surface area (Å²) in [4.78, 5) is 0. The second-order valence-corrected chi connectivity index (χ2v) is 2.88. The van der Waals surface area contributed by atoms with E-state index >= 15 is 0 Å². The van der Waals surface area contributed by atoms with Crippen molar-refractivity contribution in [3.63, 3.8) is 0 Å². The maximum atomic E-state index is 5.24. The number of benzene rings is 1. The number of rotatable bonds is 5. The Morgan fingerprint density at radius 2 is 2.07 bits per heavy atom. The molecule has 0 amide bonds. The van der Waals surface area contributed by atoms with Crippen molar-refractivity contribution in [3.8, 4) is 11.5 Å². The number of hydrogen-bond donors (Lipinski definition) is 2. The second-order valence-electron chi connectivity index (χ2n) is 2.88. The lowest BCUT2D eigenvalue weighted by Gasteiger charge is -2.09. The van der Waals surface area contributed by atoms with Crippen molar-refractivity contribution in [2.75, 3.05) is 20.8 Å². The summed E-state index contributed by atoms with van der Waals surface area (Å²) < 4.78 is 10.3. The Kier molecular flexibility index (Phi) is 4.22. The van der Waals surface area contributed by atoms with Gasteiger partial charge in [-0.3, -0.25) is 11.3 Å². The third-order valence-electron chi connectivity index (χ3n) is 2.03. The highest BCUT2D eigenvalue weighted by atomic mass is 16.5. The molecule has 0 spiro atoms. The van der Waals surface area contributed by atoms with Gasteiger partial charge in [-0.05, 0) is 18.1 Å². The van der Waals surface area contributed by atoms with Gasteiger partial charge >= 0.3 is 0 Å². The lowest BCUT2D eigenvalue weighted by Crippen LogP contribution is -2.24. The lowest BCUT2D eigenvalue weighted by atomic mass is 10.1. The zero-order valence-electron chi connectivity index (χ0n) is 8.54. The van der Waals surface area contributed by atoms with E-state index in [0.29, 0.717) is 0 Å². The van der Waals surface area contributed by atoms with Gasteiger partial charge in [-0.2, -0.15) is 0 Å². The van der Waals surface area contributed by atoms with Gasteiger partial charge < -0.3 is 9.47 Å². The zero-order valence-corrected chi connectivity index (χ0v) is 8.54. The van der Waals surface area contributed by atoms with E-state index < -0.39 is 0 Å². The first-order valence-corrected chi connectivity index (χ1v) is 4.46. The van der Waals surface area contributed by atoms with Crippen molar-refractivity contribution in [2.24, 2.45) is 5.84 Å². The fourth-order valence-corrected chi connectivity index (χ4v) is 1.27. The SMILES string of the molecule is COc1ccc(CCNN)c(OC)c1. The van der Waals surface area contributed by atoms with E-state index in [1.807, 2.05) is 18.2 Å². The van der Waals surface area contributed by atoms with Crippen LogP contribution in [0.3, 0.4) is 0 Å². The third kappa shape index (κ3) is 2.61. The van der Waals surface area contributed by atoms with Crippen LogP contribution in [0.4, 0.5) is 0 Å². The Bertz CT molecular complexity index is 289. The largest absolute Gasteiger partial charge is 0.497 e. The quantitative estimate of drug-likeness (QED) is 0.538. The maximum Gasteiger partial charge on any atom is 0.125 e.